The molecule has 0 aliphatic heterocycles. The van der Waals surface area contributed by atoms with E-state index in [2.05, 4.69) is 6.58 Å². The summed E-state index contributed by atoms with van der Waals surface area (Å²) in [6, 6.07) is 0. The maximum atomic E-state index is 10.7. The SMILES string of the molecule is C=CCC(=O)C=C(C)C. The van der Waals surface area contributed by atoms with Crippen LogP contribution in [0.5, 0.6) is 0 Å². The molecule has 9 heavy (non-hydrogen) atoms. The van der Waals surface area contributed by atoms with E-state index >= 15 is 0 Å². The average molecular weight is 124 g/mol. The summed E-state index contributed by atoms with van der Waals surface area (Å²) >= 11 is 0. The zero-order valence-electron chi connectivity index (χ0n) is 5.98. The van der Waals surface area contributed by atoms with Crippen LogP contribution >= 0.6 is 0 Å². The van der Waals surface area contributed by atoms with E-state index in [4.69, 9.17) is 0 Å². The van der Waals surface area contributed by atoms with Crippen LogP contribution in [0.1, 0.15) is 20.3 Å². The first kappa shape index (κ1) is 8.15. The van der Waals surface area contributed by atoms with E-state index in [0.29, 0.717) is 6.42 Å². The molecule has 0 heterocycles. The molecule has 0 bridgehead atoms. The van der Waals surface area contributed by atoms with Crippen molar-refractivity contribution in [3.8, 4) is 0 Å². The second-order valence-corrected chi connectivity index (χ2v) is 2.18. The Kier molecular flexibility index (Phi) is 3.69. The molecule has 0 saturated carbocycles. The van der Waals surface area contributed by atoms with Crippen molar-refractivity contribution in [3.05, 3.63) is 24.3 Å². The summed E-state index contributed by atoms with van der Waals surface area (Å²) in [6.07, 6.45) is 3.69. The minimum Gasteiger partial charge on any atom is -0.295 e. The molecule has 0 aromatic carbocycles. The average Bonchev–Trinajstić information content (AvgIpc) is 1.63. The fourth-order valence-electron chi connectivity index (χ4n) is 0.523. The third-order valence-electron chi connectivity index (χ3n) is 0.795. The van der Waals surface area contributed by atoms with Crippen LogP contribution in [0, 0.1) is 0 Å². The first-order chi connectivity index (χ1) is 4.16. The molecule has 0 atom stereocenters. The quantitative estimate of drug-likeness (QED) is 0.416. The highest BCUT2D eigenvalue weighted by atomic mass is 16.1. The zero-order chi connectivity index (χ0) is 7.28. The molecule has 0 fully saturated rings. The lowest BCUT2D eigenvalue weighted by Gasteiger charge is -1.86. The highest BCUT2D eigenvalue weighted by Gasteiger charge is 1.90. The maximum Gasteiger partial charge on any atom is 0.159 e. The summed E-state index contributed by atoms with van der Waals surface area (Å²) in [5.41, 5.74) is 1.04. The van der Waals surface area contributed by atoms with E-state index in [9.17, 15) is 4.79 Å². The van der Waals surface area contributed by atoms with Gasteiger partial charge in [0.05, 0.1) is 0 Å². The van der Waals surface area contributed by atoms with Crippen molar-refractivity contribution in [2.24, 2.45) is 0 Å². The Hall–Kier alpha value is -0.850. The van der Waals surface area contributed by atoms with Gasteiger partial charge in [-0.25, -0.2) is 0 Å². The highest BCUT2D eigenvalue weighted by molar-refractivity contribution is 5.91. The fourth-order valence-corrected chi connectivity index (χ4v) is 0.523. The fraction of sp³-hybridized carbons (Fsp3) is 0.375. The van der Waals surface area contributed by atoms with E-state index < -0.39 is 0 Å². The lowest BCUT2D eigenvalue weighted by molar-refractivity contribution is -0.113. The molecule has 0 amide bonds. The predicted molar refractivity (Wildman–Crippen MR) is 39.3 cm³/mol. The number of carbonyl (C=O) groups is 1. The summed E-state index contributed by atoms with van der Waals surface area (Å²) in [5.74, 6) is 0.130. The third-order valence-corrected chi connectivity index (χ3v) is 0.795. The van der Waals surface area contributed by atoms with Gasteiger partial charge in [-0.1, -0.05) is 11.6 Å². The molecule has 0 spiro atoms. The van der Waals surface area contributed by atoms with Crippen molar-refractivity contribution in [2.45, 2.75) is 20.3 Å². The molecule has 0 aromatic rings. The first-order valence-electron chi connectivity index (χ1n) is 2.95. The second kappa shape index (κ2) is 4.07. The van der Waals surface area contributed by atoms with Crippen LogP contribution in [0.4, 0.5) is 0 Å². The predicted octanol–water partition coefficient (Wildman–Crippen LogP) is 2.10. The minimum absolute atomic E-state index is 0.130. The van der Waals surface area contributed by atoms with E-state index in [0.717, 1.165) is 5.57 Å². The van der Waals surface area contributed by atoms with Gasteiger partial charge in [0.1, 0.15) is 0 Å². The number of hydrogen-bond acceptors (Lipinski definition) is 1. The molecule has 0 radical (unpaired) electrons. The Balaban J connectivity index is 3.76. The molecule has 50 valence electrons. The van der Waals surface area contributed by atoms with Crippen LogP contribution in [0.2, 0.25) is 0 Å². The van der Waals surface area contributed by atoms with Crippen molar-refractivity contribution in [1.82, 2.24) is 0 Å². The topological polar surface area (TPSA) is 17.1 Å². The second-order valence-electron chi connectivity index (χ2n) is 2.18. The van der Waals surface area contributed by atoms with Gasteiger partial charge >= 0.3 is 0 Å². The Bertz CT molecular complexity index is 139. The smallest absolute Gasteiger partial charge is 0.159 e. The zero-order valence-corrected chi connectivity index (χ0v) is 5.98. The third kappa shape index (κ3) is 5.01. The Morgan fingerprint density at radius 2 is 2.11 bits per heavy atom. The number of allylic oxidation sites excluding steroid dienone is 3. The van der Waals surface area contributed by atoms with Crippen molar-refractivity contribution >= 4 is 5.78 Å². The van der Waals surface area contributed by atoms with Gasteiger partial charge in [0.25, 0.3) is 0 Å². The van der Waals surface area contributed by atoms with E-state index in [1.165, 1.54) is 0 Å². The Labute approximate surface area is 56.1 Å². The molecule has 1 nitrogen and oxygen atoms in total. The Morgan fingerprint density at radius 1 is 1.56 bits per heavy atom. The standard InChI is InChI=1S/C8H12O/c1-4-5-8(9)6-7(2)3/h4,6H,1,5H2,2-3H3. The van der Waals surface area contributed by atoms with Crippen molar-refractivity contribution in [1.29, 1.82) is 0 Å². The summed E-state index contributed by atoms with van der Waals surface area (Å²) in [6.45, 7) is 7.27. The first-order valence-corrected chi connectivity index (χ1v) is 2.95. The van der Waals surface area contributed by atoms with Crippen molar-refractivity contribution in [3.63, 3.8) is 0 Å². The largest absolute Gasteiger partial charge is 0.295 e. The number of carbonyl (C=O) groups excluding carboxylic acids is 1. The number of hydrogen-bond donors (Lipinski definition) is 0. The number of rotatable bonds is 3. The van der Waals surface area contributed by atoms with Crippen LogP contribution in [0.15, 0.2) is 24.3 Å². The minimum atomic E-state index is 0.130. The van der Waals surface area contributed by atoms with E-state index in [-0.39, 0.29) is 5.78 Å². The van der Waals surface area contributed by atoms with Gasteiger partial charge in [0.2, 0.25) is 0 Å². The van der Waals surface area contributed by atoms with Gasteiger partial charge in [-0.15, -0.1) is 6.58 Å². The molecular formula is C8H12O. The van der Waals surface area contributed by atoms with Gasteiger partial charge in [-0.05, 0) is 19.9 Å². The van der Waals surface area contributed by atoms with Crippen LogP contribution < -0.4 is 0 Å². The normalized spacial score (nSPS) is 8.22. The van der Waals surface area contributed by atoms with Gasteiger partial charge in [0, 0.05) is 6.42 Å². The lowest BCUT2D eigenvalue weighted by atomic mass is 10.2. The molecule has 0 rings (SSSR count). The van der Waals surface area contributed by atoms with Crippen LogP contribution in [-0.2, 0) is 4.79 Å². The molecule has 0 aliphatic carbocycles. The highest BCUT2D eigenvalue weighted by Crippen LogP contribution is 1.92. The summed E-state index contributed by atoms with van der Waals surface area (Å²) in [4.78, 5) is 10.7. The van der Waals surface area contributed by atoms with E-state index in [1.54, 1.807) is 12.2 Å². The number of ketones is 1. The molecule has 0 unspecified atom stereocenters. The summed E-state index contributed by atoms with van der Waals surface area (Å²) in [7, 11) is 0. The van der Waals surface area contributed by atoms with Gasteiger partial charge in [-0.2, -0.15) is 0 Å². The molecule has 1 heteroatoms. The Morgan fingerprint density at radius 3 is 2.44 bits per heavy atom. The van der Waals surface area contributed by atoms with Crippen molar-refractivity contribution < 1.29 is 4.79 Å². The van der Waals surface area contributed by atoms with Gasteiger partial charge in [-0.3, -0.25) is 4.79 Å². The van der Waals surface area contributed by atoms with E-state index in [1.807, 2.05) is 13.8 Å². The molecule has 0 N–H and O–H groups in total. The maximum absolute atomic E-state index is 10.7. The molecule has 0 aliphatic rings. The molecule has 0 aromatic heterocycles. The van der Waals surface area contributed by atoms with Gasteiger partial charge < -0.3 is 0 Å². The summed E-state index contributed by atoms with van der Waals surface area (Å²) in [5, 5.41) is 0. The van der Waals surface area contributed by atoms with Crippen molar-refractivity contribution in [2.75, 3.05) is 0 Å². The molecule has 0 saturated heterocycles. The monoisotopic (exact) mass is 124 g/mol. The van der Waals surface area contributed by atoms with Crippen LogP contribution in [0.25, 0.3) is 0 Å². The molecular weight excluding hydrogens is 112 g/mol. The van der Waals surface area contributed by atoms with Crippen LogP contribution in [0.3, 0.4) is 0 Å². The summed E-state index contributed by atoms with van der Waals surface area (Å²) < 4.78 is 0. The van der Waals surface area contributed by atoms with Gasteiger partial charge in [0.15, 0.2) is 5.78 Å². The van der Waals surface area contributed by atoms with Crippen LogP contribution in [-0.4, -0.2) is 5.78 Å². The lowest BCUT2D eigenvalue weighted by Crippen LogP contribution is -1.88.